The van der Waals surface area contributed by atoms with Crippen LogP contribution in [0.5, 0.6) is 0 Å². The molecule has 0 aliphatic carbocycles. The molecule has 2 aromatic carbocycles. The van der Waals surface area contributed by atoms with E-state index < -0.39 is 5.97 Å². The number of fused-ring (bicyclic) bond motifs is 1. The summed E-state index contributed by atoms with van der Waals surface area (Å²) in [5.74, 6) is -1.15. The van der Waals surface area contributed by atoms with Crippen molar-refractivity contribution in [2.75, 3.05) is 18.6 Å². The van der Waals surface area contributed by atoms with Gasteiger partial charge in [-0.2, -0.15) is 5.10 Å². The average Bonchev–Trinajstić information content (AvgIpc) is 2.97. The SMILES string of the molecule is CCOC(=O)/C(CCCN1C(=O)c2ccccc2C1=O)=N/Nc1ccc(Br)cc1. The molecule has 2 amide bonds. The number of esters is 1. The van der Waals surface area contributed by atoms with E-state index in [0.717, 1.165) is 10.2 Å². The molecule has 0 atom stereocenters. The predicted octanol–water partition coefficient (Wildman–Crippen LogP) is 3.86. The number of rotatable bonds is 8. The number of carbonyl (C=O) groups excluding carboxylic acids is 3. The number of benzene rings is 2. The minimum Gasteiger partial charge on any atom is -0.461 e. The smallest absolute Gasteiger partial charge is 0.354 e. The third-order valence-electron chi connectivity index (χ3n) is 4.35. The van der Waals surface area contributed by atoms with Gasteiger partial charge in [0.1, 0.15) is 5.71 Å². The second-order valence-corrected chi connectivity index (χ2v) is 7.22. The third-order valence-corrected chi connectivity index (χ3v) is 4.88. The zero-order valence-corrected chi connectivity index (χ0v) is 17.4. The highest BCUT2D eigenvalue weighted by atomic mass is 79.9. The fraction of sp³-hybridized carbons (Fsp3) is 0.238. The van der Waals surface area contributed by atoms with Crippen LogP contribution in [0.1, 0.15) is 40.5 Å². The van der Waals surface area contributed by atoms with E-state index in [2.05, 4.69) is 26.5 Å². The topological polar surface area (TPSA) is 88.1 Å². The summed E-state index contributed by atoms with van der Waals surface area (Å²) in [6.07, 6.45) is 0.654. The molecule has 0 aromatic heterocycles. The van der Waals surface area contributed by atoms with Gasteiger partial charge < -0.3 is 4.74 Å². The monoisotopic (exact) mass is 457 g/mol. The summed E-state index contributed by atoms with van der Waals surface area (Å²) < 4.78 is 5.99. The van der Waals surface area contributed by atoms with Crippen LogP contribution in [0, 0.1) is 0 Å². The lowest BCUT2D eigenvalue weighted by Gasteiger charge is -2.14. The maximum absolute atomic E-state index is 12.4. The first kappa shape index (κ1) is 20.7. The van der Waals surface area contributed by atoms with Gasteiger partial charge in [-0.25, -0.2) is 4.79 Å². The minimum absolute atomic E-state index is 0.197. The summed E-state index contributed by atoms with van der Waals surface area (Å²) in [5.41, 5.74) is 4.58. The standard InChI is InChI=1S/C21H20BrN3O4/c1-2-29-21(28)18(24-23-15-11-9-14(22)10-12-15)8-5-13-25-19(26)16-6-3-4-7-17(16)20(25)27/h3-4,6-7,9-12,23H,2,5,8,13H2,1H3/b24-18+. The van der Waals surface area contributed by atoms with E-state index in [1.54, 1.807) is 31.2 Å². The number of nitrogens with zero attached hydrogens (tertiary/aromatic N) is 2. The van der Waals surface area contributed by atoms with Crippen molar-refractivity contribution in [3.05, 3.63) is 64.1 Å². The molecule has 0 bridgehead atoms. The molecule has 0 radical (unpaired) electrons. The number of carbonyl (C=O) groups is 3. The van der Waals surface area contributed by atoms with E-state index in [9.17, 15) is 14.4 Å². The van der Waals surface area contributed by atoms with E-state index in [1.165, 1.54) is 4.90 Å². The fourth-order valence-electron chi connectivity index (χ4n) is 2.92. The third kappa shape index (κ3) is 4.89. The summed E-state index contributed by atoms with van der Waals surface area (Å²) >= 11 is 3.36. The molecular formula is C21H20BrN3O4. The van der Waals surface area contributed by atoms with Crippen LogP contribution in [0.2, 0.25) is 0 Å². The number of amides is 2. The normalized spacial score (nSPS) is 13.4. The fourth-order valence-corrected chi connectivity index (χ4v) is 3.19. The van der Waals surface area contributed by atoms with Crippen LogP contribution in [0.15, 0.2) is 58.1 Å². The van der Waals surface area contributed by atoms with Crippen LogP contribution in [0.4, 0.5) is 5.69 Å². The number of hydrazone groups is 1. The zero-order valence-electron chi connectivity index (χ0n) is 15.9. The van der Waals surface area contributed by atoms with Crippen molar-refractivity contribution < 1.29 is 19.1 Å². The van der Waals surface area contributed by atoms with E-state index in [-0.39, 0.29) is 37.1 Å². The van der Waals surface area contributed by atoms with Crippen LogP contribution < -0.4 is 5.43 Å². The Balaban J connectivity index is 1.64. The Labute approximate surface area is 176 Å². The molecular weight excluding hydrogens is 438 g/mol. The Morgan fingerprint density at radius 2 is 1.69 bits per heavy atom. The molecule has 0 saturated heterocycles. The summed E-state index contributed by atoms with van der Waals surface area (Å²) in [5, 5.41) is 4.17. The van der Waals surface area contributed by atoms with Gasteiger partial charge in [0.05, 0.1) is 23.4 Å². The summed E-state index contributed by atoms with van der Waals surface area (Å²) in [6.45, 7) is 2.15. The molecule has 0 unspecified atom stereocenters. The highest BCUT2D eigenvalue weighted by Crippen LogP contribution is 2.22. The molecule has 1 N–H and O–H groups in total. The molecule has 3 rings (SSSR count). The van der Waals surface area contributed by atoms with E-state index in [0.29, 0.717) is 17.5 Å². The average molecular weight is 458 g/mol. The van der Waals surface area contributed by atoms with Crippen LogP contribution in [-0.2, 0) is 9.53 Å². The first-order valence-corrected chi connectivity index (χ1v) is 10.0. The summed E-state index contributed by atoms with van der Waals surface area (Å²) in [6, 6.07) is 14.1. The zero-order chi connectivity index (χ0) is 20.8. The molecule has 0 saturated carbocycles. The number of hydrogen-bond acceptors (Lipinski definition) is 6. The number of ether oxygens (including phenoxy) is 1. The highest BCUT2D eigenvalue weighted by molar-refractivity contribution is 9.10. The number of hydrogen-bond donors (Lipinski definition) is 1. The van der Waals surface area contributed by atoms with Gasteiger partial charge in [0.2, 0.25) is 0 Å². The molecule has 0 spiro atoms. The van der Waals surface area contributed by atoms with Crippen LogP contribution in [0.3, 0.4) is 0 Å². The predicted molar refractivity (Wildman–Crippen MR) is 113 cm³/mol. The molecule has 29 heavy (non-hydrogen) atoms. The molecule has 0 fully saturated rings. The molecule has 8 heteroatoms. The van der Waals surface area contributed by atoms with Crippen molar-refractivity contribution in [3.8, 4) is 0 Å². The minimum atomic E-state index is -0.528. The second kappa shape index (κ2) is 9.47. The first-order chi connectivity index (χ1) is 14.0. The van der Waals surface area contributed by atoms with Crippen molar-refractivity contribution in [1.82, 2.24) is 4.90 Å². The lowest BCUT2D eigenvalue weighted by molar-refractivity contribution is -0.135. The maximum atomic E-state index is 12.4. The van der Waals surface area contributed by atoms with Crippen molar-refractivity contribution in [1.29, 1.82) is 0 Å². The van der Waals surface area contributed by atoms with Gasteiger partial charge in [-0.05, 0) is 49.7 Å². The molecule has 7 nitrogen and oxygen atoms in total. The van der Waals surface area contributed by atoms with Crippen LogP contribution in [0.25, 0.3) is 0 Å². The Hall–Kier alpha value is -3.00. The molecule has 2 aromatic rings. The lowest BCUT2D eigenvalue weighted by atomic mass is 10.1. The molecule has 1 aliphatic heterocycles. The van der Waals surface area contributed by atoms with Gasteiger partial charge in [0, 0.05) is 17.4 Å². The number of halogens is 1. The Morgan fingerprint density at radius 3 is 2.28 bits per heavy atom. The quantitative estimate of drug-likeness (QED) is 0.281. The summed E-state index contributed by atoms with van der Waals surface area (Å²) in [4.78, 5) is 38.3. The Kier molecular flexibility index (Phi) is 6.77. The van der Waals surface area contributed by atoms with Crippen LogP contribution >= 0.6 is 15.9 Å². The van der Waals surface area contributed by atoms with E-state index in [4.69, 9.17) is 4.74 Å². The van der Waals surface area contributed by atoms with E-state index >= 15 is 0 Å². The molecule has 1 heterocycles. The van der Waals surface area contributed by atoms with Crippen molar-refractivity contribution in [2.45, 2.75) is 19.8 Å². The Bertz CT molecular complexity index is 922. The van der Waals surface area contributed by atoms with Gasteiger partial charge >= 0.3 is 5.97 Å². The first-order valence-electron chi connectivity index (χ1n) is 9.21. The Morgan fingerprint density at radius 1 is 1.07 bits per heavy atom. The number of nitrogens with one attached hydrogen (secondary N) is 1. The van der Waals surface area contributed by atoms with Crippen molar-refractivity contribution in [2.24, 2.45) is 5.10 Å². The highest BCUT2D eigenvalue weighted by Gasteiger charge is 2.34. The second-order valence-electron chi connectivity index (χ2n) is 6.31. The summed E-state index contributed by atoms with van der Waals surface area (Å²) in [7, 11) is 0. The van der Waals surface area contributed by atoms with Crippen LogP contribution in [-0.4, -0.2) is 41.5 Å². The maximum Gasteiger partial charge on any atom is 0.354 e. The van der Waals surface area contributed by atoms with Crippen molar-refractivity contribution in [3.63, 3.8) is 0 Å². The van der Waals surface area contributed by atoms with Gasteiger partial charge in [-0.1, -0.05) is 28.1 Å². The van der Waals surface area contributed by atoms with Crippen molar-refractivity contribution >= 4 is 45.1 Å². The van der Waals surface area contributed by atoms with Gasteiger partial charge in [-0.15, -0.1) is 0 Å². The number of imide groups is 1. The largest absolute Gasteiger partial charge is 0.461 e. The van der Waals surface area contributed by atoms with Gasteiger partial charge in [0.25, 0.3) is 11.8 Å². The number of anilines is 1. The van der Waals surface area contributed by atoms with E-state index in [1.807, 2.05) is 24.3 Å². The van der Waals surface area contributed by atoms with Gasteiger partial charge in [0.15, 0.2) is 0 Å². The molecule has 1 aliphatic rings. The van der Waals surface area contributed by atoms with Gasteiger partial charge in [-0.3, -0.25) is 19.9 Å². The lowest BCUT2D eigenvalue weighted by Crippen LogP contribution is -2.31. The molecule has 150 valence electrons.